The van der Waals surface area contributed by atoms with E-state index in [2.05, 4.69) is 15.4 Å². The fourth-order valence-electron chi connectivity index (χ4n) is 1.32. The fourth-order valence-corrected chi connectivity index (χ4v) is 1.49. The molecule has 94 valence electrons. The van der Waals surface area contributed by atoms with E-state index in [1.54, 1.807) is 13.0 Å². The predicted octanol–water partition coefficient (Wildman–Crippen LogP) is 2.66. The van der Waals surface area contributed by atoms with E-state index in [9.17, 15) is 4.39 Å². The Kier molecular flexibility index (Phi) is 3.59. The van der Waals surface area contributed by atoms with Gasteiger partial charge in [0.25, 0.3) is 0 Å². The normalized spacial score (nSPS) is 10.2. The number of nitrogens with one attached hydrogen (secondary N) is 1. The number of nitrogens with zero attached hydrogens (tertiary/aromatic N) is 2. The molecule has 0 aliphatic carbocycles. The highest BCUT2D eigenvalue weighted by molar-refractivity contribution is 6.30. The quantitative estimate of drug-likeness (QED) is 0.661. The van der Waals surface area contributed by atoms with E-state index in [-0.39, 0.29) is 16.9 Å². The number of halogens is 2. The molecule has 5 nitrogen and oxygen atoms in total. The fraction of sp³-hybridized carbons (Fsp3) is 0.0909. The molecule has 0 aliphatic rings. The maximum atomic E-state index is 13.0. The van der Waals surface area contributed by atoms with Gasteiger partial charge in [-0.25, -0.2) is 15.2 Å². The molecule has 18 heavy (non-hydrogen) atoms. The van der Waals surface area contributed by atoms with Crippen LogP contribution in [-0.2, 0) is 0 Å². The summed E-state index contributed by atoms with van der Waals surface area (Å²) in [5.41, 5.74) is 3.01. The number of benzene rings is 1. The Bertz CT molecular complexity index is 579. The minimum Gasteiger partial charge on any atom is -0.439 e. The summed E-state index contributed by atoms with van der Waals surface area (Å²) in [6.07, 6.45) is 0. The third-order valence-electron chi connectivity index (χ3n) is 2.07. The lowest BCUT2D eigenvalue weighted by Gasteiger charge is -2.07. The third kappa shape index (κ3) is 2.85. The minimum absolute atomic E-state index is 0.0181. The standard InChI is InChI=1S/C11H10ClFN4O/c1-6-4-10(16-11(15-6)17-14)18-7-2-3-9(13)8(12)5-7/h2-5H,14H2,1H3,(H,15,16,17). The second-order valence-corrected chi connectivity index (χ2v) is 3.90. The van der Waals surface area contributed by atoms with Crippen molar-refractivity contribution in [1.82, 2.24) is 9.97 Å². The van der Waals surface area contributed by atoms with Crippen molar-refractivity contribution in [2.24, 2.45) is 5.84 Å². The van der Waals surface area contributed by atoms with Crippen LogP contribution in [0, 0.1) is 12.7 Å². The van der Waals surface area contributed by atoms with Crippen molar-refractivity contribution in [2.75, 3.05) is 5.43 Å². The zero-order valence-corrected chi connectivity index (χ0v) is 10.2. The minimum atomic E-state index is -0.507. The van der Waals surface area contributed by atoms with Gasteiger partial charge in [-0.05, 0) is 19.1 Å². The lowest BCUT2D eigenvalue weighted by Crippen LogP contribution is -2.11. The van der Waals surface area contributed by atoms with E-state index in [1.165, 1.54) is 18.2 Å². The van der Waals surface area contributed by atoms with Gasteiger partial charge in [0.05, 0.1) is 5.02 Å². The first-order valence-corrected chi connectivity index (χ1v) is 5.41. The SMILES string of the molecule is Cc1cc(Oc2ccc(F)c(Cl)c2)nc(NN)n1. The number of nitrogens with two attached hydrogens (primary N) is 1. The first-order chi connectivity index (χ1) is 8.58. The molecule has 2 aromatic rings. The van der Waals surface area contributed by atoms with Gasteiger partial charge in [-0.1, -0.05) is 11.6 Å². The monoisotopic (exact) mass is 268 g/mol. The lowest BCUT2D eigenvalue weighted by molar-refractivity contribution is 0.460. The Morgan fingerprint density at radius 2 is 2.11 bits per heavy atom. The van der Waals surface area contributed by atoms with E-state index < -0.39 is 5.82 Å². The van der Waals surface area contributed by atoms with Crippen molar-refractivity contribution in [3.05, 3.63) is 40.8 Å². The van der Waals surface area contributed by atoms with Crippen LogP contribution in [0.15, 0.2) is 24.3 Å². The van der Waals surface area contributed by atoms with Gasteiger partial charge in [0.2, 0.25) is 11.8 Å². The number of anilines is 1. The molecule has 1 aromatic heterocycles. The number of aryl methyl sites for hydroxylation is 1. The van der Waals surface area contributed by atoms with Gasteiger partial charge in [0.15, 0.2) is 0 Å². The van der Waals surface area contributed by atoms with E-state index in [4.69, 9.17) is 22.2 Å². The lowest BCUT2D eigenvalue weighted by atomic mass is 10.3. The summed E-state index contributed by atoms with van der Waals surface area (Å²) >= 11 is 5.65. The van der Waals surface area contributed by atoms with Crippen molar-refractivity contribution in [3.63, 3.8) is 0 Å². The maximum Gasteiger partial charge on any atom is 0.240 e. The van der Waals surface area contributed by atoms with Crippen LogP contribution >= 0.6 is 11.6 Å². The highest BCUT2D eigenvalue weighted by atomic mass is 35.5. The molecular formula is C11H10ClFN4O. The number of aromatic nitrogens is 2. The first kappa shape index (κ1) is 12.5. The Morgan fingerprint density at radius 1 is 1.33 bits per heavy atom. The summed E-state index contributed by atoms with van der Waals surface area (Å²) in [4.78, 5) is 8.01. The van der Waals surface area contributed by atoms with Crippen LogP contribution in [0.25, 0.3) is 0 Å². The van der Waals surface area contributed by atoms with Gasteiger partial charge in [0, 0.05) is 17.8 Å². The molecule has 1 aromatic carbocycles. The van der Waals surface area contributed by atoms with Crippen molar-refractivity contribution in [2.45, 2.75) is 6.92 Å². The molecule has 0 aliphatic heterocycles. The molecule has 0 saturated carbocycles. The summed E-state index contributed by atoms with van der Waals surface area (Å²) in [6, 6.07) is 5.66. The molecule has 7 heteroatoms. The second-order valence-electron chi connectivity index (χ2n) is 3.49. The molecule has 1 heterocycles. The van der Waals surface area contributed by atoms with E-state index in [1.807, 2.05) is 0 Å². The summed E-state index contributed by atoms with van der Waals surface area (Å²) in [6.45, 7) is 1.77. The largest absolute Gasteiger partial charge is 0.439 e. The van der Waals surface area contributed by atoms with Crippen LogP contribution in [0.2, 0.25) is 5.02 Å². The van der Waals surface area contributed by atoms with E-state index >= 15 is 0 Å². The van der Waals surface area contributed by atoms with Crippen molar-refractivity contribution in [1.29, 1.82) is 0 Å². The number of rotatable bonds is 3. The number of ether oxygens (including phenoxy) is 1. The first-order valence-electron chi connectivity index (χ1n) is 5.03. The topological polar surface area (TPSA) is 73.1 Å². The molecular weight excluding hydrogens is 259 g/mol. The Labute approximate surface area is 108 Å². The molecule has 0 amide bonds. The molecule has 0 spiro atoms. The smallest absolute Gasteiger partial charge is 0.240 e. The van der Waals surface area contributed by atoms with Crippen LogP contribution in [0.5, 0.6) is 11.6 Å². The van der Waals surface area contributed by atoms with E-state index in [0.717, 1.165) is 0 Å². The van der Waals surface area contributed by atoms with Gasteiger partial charge < -0.3 is 4.74 Å². The average Bonchev–Trinajstić information content (AvgIpc) is 2.33. The van der Waals surface area contributed by atoms with Crippen LogP contribution in [0.3, 0.4) is 0 Å². The maximum absolute atomic E-state index is 13.0. The number of hydrazine groups is 1. The van der Waals surface area contributed by atoms with Crippen molar-refractivity contribution >= 4 is 17.5 Å². The van der Waals surface area contributed by atoms with Crippen LogP contribution in [0.1, 0.15) is 5.69 Å². The highest BCUT2D eigenvalue weighted by Crippen LogP contribution is 2.25. The Balaban J connectivity index is 2.27. The molecule has 0 unspecified atom stereocenters. The zero-order chi connectivity index (χ0) is 13.1. The Hall–Kier alpha value is -1.92. The third-order valence-corrected chi connectivity index (χ3v) is 2.36. The predicted molar refractivity (Wildman–Crippen MR) is 66.1 cm³/mol. The summed E-state index contributed by atoms with van der Waals surface area (Å²) in [7, 11) is 0. The summed E-state index contributed by atoms with van der Waals surface area (Å²) < 4.78 is 18.4. The number of hydrogen-bond acceptors (Lipinski definition) is 5. The van der Waals surface area contributed by atoms with E-state index in [0.29, 0.717) is 11.4 Å². The summed E-state index contributed by atoms with van der Waals surface area (Å²) in [5.74, 6) is 5.62. The molecule has 2 rings (SSSR count). The molecule has 0 saturated heterocycles. The average molecular weight is 269 g/mol. The summed E-state index contributed by atoms with van der Waals surface area (Å²) in [5, 5.41) is -0.0181. The molecule has 3 N–H and O–H groups in total. The van der Waals surface area contributed by atoms with Gasteiger partial charge in [0.1, 0.15) is 11.6 Å². The van der Waals surface area contributed by atoms with Crippen LogP contribution in [-0.4, -0.2) is 9.97 Å². The van der Waals surface area contributed by atoms with Crippen LogP contribution < -0.4 is 16.0 Å². The zero-order valence-electron chi connectivity index (χ0n) is 9.45. The Morgan fingerprint density at radius 3 is 2.78 bits per heavy atom. The number of nitrogen functional groups attached to an aromatic ring is 1. The van der Waals surface area contributed by atoms with Gasteiger partial charge in [-0.15, -0.1) is 0 Å². The number of hydrogen-bond donors (Lipinski definition) is 2. The highest BCUT2D eigenvalue weighted by Gasteiger charge is 2.06. The molecule has 0 radical (unpaired) electrons. The van der Waals surface area contributed by atoms with Crippen molar-refractivity contribution < 1.29 is 9.13 Å². The molecule has 0 fully saturated rings. The van der Waals surface area contributed by atoms with Gasteiger partial charge >= 0.3 is 0 Å². The van der Waals surface area contributed by atoms with Crippen LogP contribution in [0.4, 0.5) is 10.3 Å². The molecule has 0 atom stereocenters. The van der Waals surface area contributed by atoms with Gasteiger partial charge in [-0.3, -0.25) is 5.43 Å². The van der Waals surface area contributed by atoms with Crippen molar-refractivity contribution in [3.8, 4) is 11.6 Å². The second kappa shape index (κ2) is 5.16. The van der Waals surface area contributed by atoms with Gasteiger partial charge in [-0.2, -0.15) is 4.98 Å². The molecule has 0 bridgehead atoms.